The molecule has 11 heteroatoms. The Kier molecular flexibility index (Phi) is 6.00. The molecule has 0 aromatic heterocycles. The first-order valence-corrected chi connectivity index (χ1v) is 10.2. The normalized spacial score (nSPS) is 16.6. The van der Waals surface area contributed by atoms with Gasteiger partial charge in [0.1, 0.15) is 23.4 Å². The van der Waals surface area contributed by atoms with Gasteiger partial charge in [0.25, 0.3) is 0 Å². The molecule has 4 rings (SSSR count). The number of methoxy groups -OCH3 is 2. The molecular formula is C24H22O11. The maximum atomic E-state index is 13.0. The highest BCUT2D eigenvalue weighted by Gasteiger charge is 2.37. The highest BCUT2D eigenvalue weighted by atomic mass is 16.6. The van der Waals surface area contributed by atoms with Crippen molar-refractivity contribution >= 4 is 5.97 Å². The summed E-state index contributed by atoms with van der Waals surface area (Å²) in [5, 5.41) is 60.0. The Hall–Kier alpha value is -4.67. The molecule has 0 fully saturated rings. The Morgan fingerprint density at radius 1 is 0.857 bits per heavy atom. The first-order chi connectivity index (χ1) is 16.6. The molecule has 0 saturated carbocycles. The molecule has 0 unspecified atom stereocenters. The van der Waals surface area contributed by atoms with Crippen LogP contribution in [0, 0.1) is 0 Å². The second-order valence-corrected chi connectivity index (χ2v) is 7.77. The number of hydrogen-bond donors (Lipinski definition) is 6. The monoisotopic (exact) mass is 486 g/mol. The molecule has 0 saturated heterocycles. The Bertz CT molecular complexity index is 1280. The van der Waals surface area contributed by atoms with Gasteiger partial charge >= 0.3 is 5.97 Å². The fourth-order valence-corrected chi connectivity index (χ4v) is 3.89. The molecule has 1 aliphatic rings. The lowest BCUT2D eigenvalue weighted by Gasteiger charge is -2.34. The number of carbonyl (C=O) groups excluding carboxylic acids is 1. The van der Waals surface area contributed by atoms with E-state index in [9.17, 15) is 35.4 Å². The number of esters is 1. The fraction of sp³-hybridized carbons (Fsp3) is 0.208. The second-order valence-electron chi connectivity index (χ2n) is 7.77. The highest BCUT2D eigenvalue weighted by Crippen LogP contribution is 2.46. The molecular weight excluding hydrogens is 464 g/mol. The minimum atomic E-state index is -1.13. The van der Waals surface area contributed by atoms with Gasteiger partial charge in [-0.3, -0.25) is 0 Å². The molecule has 0 radical (unpaired) electrons. The third kappa shape index (κ3) is 4.31. The predicted octanol–water partition coefficient (Wildman–Crippen LogP) is 2.84. The van der Waals surface area contributed by atoms with Gasteiger partial charge in [-0.05, 0) is 24.3 Å². The van der Waals surface area contributed by atoms with Crippen molar-refractivity contribution in [2.24, 2.45) is 0 Å². The number of ether oxygens (including phenoxy) is 4. The maximum absolute atomic E-state index is 13.0. The molecule has 35 heavy (non-hydrogen) atoms. The van der Waals surface area contributed by atoms with Crippen molar-refractivity contribution in [2.75, 3.05) is 14.2 Å². The number of rotatable bonds is 5. The summed E-state index contributed by atoms with van der Waals surface area (Å²) in [7, 11) is 2.65. The quantitative estimate of drug-likeness (QED) is 0.231. The average Bonchev–Trinajstić information content (AvgIpc) is 2.81. The standard InChI is InChI=1S/C24H22O11/c1-32-19-6-11(5-17(29)23(19)33-2)24(31)35-20-9-13-14(26)7-12(25)8-18(13)34-22(20)10-3-15(27)21(30)16(28)4-10/h3-8,20,22,25-30H,9H2,1-2H3/t20-,22-/m1/s1. The molecule has 0 bridgehead atoms. The first-order valence-electron chi connectivity index (χ1n) is 10.2. The number of hydrogen-bond acceptors (Lipinski definition) is 11. The summed E-state index contributed by atoms with van der Waals surface area (Å²) in [6.45, 7) is 0. The summed E-state index contributed by atoms with van der Waals surface area (Å²) >= 11 is 0. The zero-order valence-electron chi connectivity index (χ0n) is 18.6. The van der Waals surface area contributed by atoms with Crippen LogP contribution in [0.15, 0.2) is 36.4 Å². The van der Waals surface area contributed by atoms with Crippen LogP contribution < -0.4 is 14.2 Å². The van der Waals surface area contributed by atoms with Gasteiger partial charge in [0, 0.05) is 29.7 Å². The Labute approximate surface area is 198 Å². The number of phenols is 6. The van der Waals surface area contributed by atoms with Gasteiger partial charge in [0.05, 0.1) is 19.8 Å². The lowest BCUT2D eigenvalue weighted by Crippen LogP contribution is -2.34. The molecule has 3 aromatic carbocycles. The predicted molar refractivity (Wildman–Crippen MR) is 119 cm³/mol. The third-order valence-corrected chi connectivity index (χ3v) is 5.54. The lowest BCUT2D eigenvalue weighted by molar-refractivity contribution is -0.0189. The van der Waals surface area contributed by atoms with E-state index in [1.807, 2.05) is 0 Å². The molecule has 2 atom stereocenters. The van der Waals surface area contributed by atoms with Crippen LogP contribution in [0.25, 0.3) is 0 Å². The Morgan fingerprint density at radius 2 is 1.54 bits per heavy atom. The third-order valence-electron chi connectivity index (χ3n) is 5.54. The van der Waals surface area contributed by atoms with Gasteiger partial charge in [-0.15, -0.1) is 0 Å². The SMILES string of the molecule is COc1cc(C(=O)O[C@@H]2Cc3c(O)cc(O)cc3O[C@@H]2c2cc(O)c(O)c(O)c2)cc(O)c1OC. The Balaban J connectivity index is 1.74. The van der Waals surface area contributed by atoms with Crippen LogP contribution in [-0.2, 0) is 11.2 Å². The summed E-state index contributed by atoms with van der Waals surface area (Å²) in [6, 6.07) is 7.04. The summed E-state index contributed by atoms with van der Waals surface area (Å²) in [5.74, 6) is -3.61. The maximum Gasteiger partial charge on any atom is 0.338 e. The van der Waals surface area contributed by atoms with Gasteiger partial charge in [0.2, 0.25) is 5.75 Å². The number of carbonyl (C=O) groups is 1. The zero-order valence-corrected chi connectivity index (χ0v) is 18.6. The minimum absolute atomic E-state index is 0.0247. The lowest BCUT2D eigenvalue weighted by atomic mass is 9.93. The van der Waals surface area contributed by atoms with Crippen LogP contribution in [0.4, 0.5) is 0 Å². The molecule has 184 valence electrons. The second kappa shape index (κ2) is 8.93. The number of benzene rings is 3. The Morgan fingerprint density at radius 3 is 2.17 bits per heavy atom. The van der Waals surface area contributed by atoms with Crippen molar-refractivity contribution in [3.63, 3.8) is 0 Å². The van der Waals surface area contributed by atoms with Crippen molar-refractivity contribution in [2.45, 2.75) is 18.6 Å². The van der Waals surface area contributed by atoms with E-state index < -0.39 is 35.4 Å². The number of phenolic OH excluding ortho intramolecular Hbond substituents is 6. The topological polar surface area (TPSA) is 175 Å². The van der Waals surface area contributed by atoms with Crippen LogP contribution in [0.3, 0.4) is 0 Å². The fourth-order valence-electron chi connectivity index (χ4n) is 3.89. The molecule has 11 nitrogen and oxygen atoms in total. The van der Waals surface area contributed by atoms with E-state index >= 15 is 0 Å². The van der Waals surface area contributed by atoms with Crippen molar-refractivity contribution in [3.8, 4) is 51.7 Å². The van der Waals surface area contributed by atoms with E-state index in [2.05, 4.69) is 0 Å². The van der Waals surface area contributed by atoms with Gasteiger partial charge in [-0.25, -0.2) is 4.79 Å². The molecule has 0 aliphatic carbocycles. The highest BCUT2D eigenvalue weighted by molar-refractivity contribution is 5.91. The van der Waals surface area contributed by atoms with E-state index in [0.29, 0.717) is 0 Å². The van der Waals surface area contributed by atoms with E-state index in [0.717, 1.165) is 24.3 Å². The number of fused-ring (bicyclic) bond motifs is 1. The van der Waals surface area contributed by atoms with Gasteiger partial charge in [-0.2, -0.15) is 0 Å². The smallest absolute Gasteiger partial charge is 0.338 e. The summed E-state index contributed by atoms with van der Waals surface area (Å²) in [4.78, 5) is 13.0. The van der Waals surface area contributed by atoms with E-state index in [4.69, 9.17) is 18.9 Å². The first kappa shape index (κ1) is 23.5. The van der Waals surface area contributed by atoms with Gasteiger partial charge in [0.15, 0.2) is 34.9 Å². The van der Waals surface area contributed by atoms with E-state index in [-0.39, 0.29) is 57.6 Å². The van der Waals surface area contributed by atoms with Crippen LogP contribution in [0.5, 0.6) is 51.7 Å². The van der Waals surface area contributed by atoms with Gasteiger partial charge < -0.3 is 49.6 Å². The van der Waals surface area contributed by atoms with Crippen LogP contribution >= 0.6 is 0 Å². The summed E-state index contributed by atoms with van der Waals surface area (Å²) < 4.78 is 21.7. The molecule has 3 aromatic rings. The minimum Gasteiger partial charge on any atom is -0.508 e. The molecule has 0 spiro atoms. The molecule has 0 amide bonds. The summed E-state index contributed by atoms with van der Waals surface area (Å²) in [5.41, 5.74) is 0.314. The van der Waals surface area contributed by atoms with Gasteiger partial charge in [-0.1, -0.05) is 0 Å². The molecule has 1 aliphatic heterocycles. The van der Waals surface area contributed by atoms with Crippen LogP contribution in [0.1, 0.15) is 27.6 Å². The van der Waals surface area contributed by atoms with Crippen molar-refractivity contribution < 1.29 is 54.4 Å². The van der Waals surface area contributed by atoms with Crippen LogP contribution in [0.2, 0.25) is 0 Å². The zero-order chi connectivity index (χ0) is 25.4. The number of aromatic hydroxyl groups is 6. The largest absolute Gasteiger partial charge is 0.508 e. The van der Waals surface area contributed by atoms with Crippen molar-refractivity contribution in [1.29, 1.82) is 0 Å². The average molecular weight is 486 g/mol. The molecule has 1 heterocycles. The van der Waals surface area contributed by atoms with Crippen molar-refractivity contribution in [1.82, 2.24) is 0 Å². The van der Waals surface area contributed by atoms with E-state index in [1.165, 1.54) is 26.4 Å². The van der Waals surface area contributed by atoms with Crippen molar-refractivity contribution in [3.05, 3.63) is 53.1 Å². The van der Waals surface area contributed by atoms with Crippen LogP contribution in [-0.4, -0.2) is 56.9 Å². The van der Waals surface area contributed by atoms with E-state index in [1.54, 1.807) is 0 Å². The molecule has 6 N–H and O–H groups in total. The summed E-state index contributed by atoms with van der Waals surface area (Å²) in [6.07, 6.45) is -2.30.